The maximum Gasteiger partial charge on any atom is 0.271 e. The number of hydrogen-bond donors (Lipinski definition) is 1. The lowest BCUT2D eigenvalue weighted by Crippen LogP contribution is -2.19. The van der Waals surface area contributed by atoms with Gasteiger partial charge in [-0.2, -0.15) is 5.10 Å². The Kier molecular flexibility index (Phi) is 3.78. The lowest BCUT2D eigenvalue weighted by molar-refractivity contribution is 0.0954. The van der Waals surface area contributed by atoms with Gasteiger partial charge in [-0.15, -0.1) is 0 Å². The topological polar surface area (TPSA) is 59.9 Å². The Labute approximate surface area is 128 Å². The fraction of sp³-hybridized carbons (Fsp3) is 0.176. The number of hydrazone groups is 1. The van der Waals surface area contributed by atoms with E-state index in [2.05, 4.69) is 10.5 Å². The molecule has 1 N–H and O–H groups in total. The van der Waals surface area contributed by atoms with Gasteiger partial charge in [0.15, 0.2) is 11.5 Å². The maximum absolute atomic E-state index is 12.2. The minimum absolute atomic E-state index is 0.185. The summed E-state index contributed by atoms with van der Waals surface area (Å²) in [5, 5.41) is 4.17. The lowest BCUT2D eigenvalue weighted by Gasteiger charge is -2.06. The molecule has 1 amide bonds. The summed E-state index contributed by atoms with van der Waals surface area (Å²) in [6.45, 7) is 4.06. The molecule has 0 aromatic heterocycles. The maximum atomic E-state index is 12.2. The van der Waals surface area contributed by atoms with Crippen LogP contribution in [0.2, 0.25) is 0 Å². The van der Waals surface area contributed by atoms with E-state index in [-0.39, 0.29) is 12.7 Å². The van der Waals surface area contributed by atoms with E-state index in [1.54, 1.807) is 18.2 Å². The molecule has 0 saturated carbocycles. The third-order valence-corrected chi connectivity index (χ3v) is 3.49. The molecule has 0 saturated heterocycles. The van der Waals surface area contributed by atoms with Crippen molar-refractivity contribution < 1.29 is 14.3 Å². The van der Waals surface area contributed by atoms with E-state index < -0.39 is 0 Å². The van der Waals surface area contributed by atoms with Crippen LogP contribution in [-0.2, 0) is 0 Å². The van der Waals surface area contributed by atoms with Crippen LogP contribution in [-0.4, -0.2) is 18.4 Å². The van der Waals surface area contributed by atoms with E-state index in [0.717, 1.165) is 16.8 Å². The largest absolute Gasteiger partial charge is 0.454 e. The molecule has 5 nitrogen and oxygen atoms in total. The fourth-order valence-electron chi connectivity index (χ4n) is 2.28. The smallest absolute Gasteiger partial charge is 0.271 e. The monoisotopic (exact) mass is 296 g/mol. The standard InChI is InChI=1S/C17H16N2O3/c1-11-5-3-4-6-14(11)12(2)18-19-17(20)13-7-8-15-16(9-13)22-10-21-15/h3-9H,10H2,1-2H3,(H,19,20)/b18-12-. The summed E-state index contributed by atoms with van der Waals surface area (Å²) in [6, 6.07) is 12.9. The zero-order chi connectivity index (χ0) is 15.5. The van der Waals surface area contributed by atoms with Gasteiger partial charge in [0, 0.05) is 11.1 Å². The second-order valence-electron chi connectivity index (χ2n) is 5.02. The van der Waals surface area contributed by atoms with Crippen molar-refractivity contribution in [3.05, 3.63) is 59.2 Å². The number of nitrogens with one attached hydrogen (secondary N) is 1. The van der Waals surface area contributed by atoms with Crippen molar-refractivity contribution in [1.82, 2.24) is 5.43 Å². The number of nitrogens with zero attached hydrogens (tertiary/aromatic N) is 1. The summed E-state index contributed by atoms with van der Waals surface area (Å²) >= 11 is 0. The van der Waals surface area contributed by atoms with Crippen LogP contribution in [0.4, 0.5) is 0 Å². The highest BCUT2D eigenvalue weighted by Gasteiger charge is 2.16. The van der Waals surface area contributed by atoms with Crippen molar-refractivity contribution in [1.29, 1.82) is 0 Å². The molecular weight excluding hydrogens is 280 g/mol. The molecule has 5 heteroatoms. The molecule has 0 atom stereocenters. The zero-order valence-electron chi connectivity index (χ0n) is 12.4. The Balaban J connectivity index is 1.74. The van der Waals surface area contributed by atoms with Crippen LogP contribution < -0.4 is 14.9 Å². The van der Waals surface area contributed by atoms with E-state index in [9.17, 15) is 4.79 Å². The molecule has 2 aromatic rings. The van der Waals surface area contributed by atoms with E-state index in [1.807, 2.05) is 38.1 Å². The Morgan fingerprint density at radius 1 is 1.14 bits per heavy atom. The number of amides is 1. The van der Waals surface area contributed by atoms with E-state index in [0.29, 0.717) is 17.1 Å². The normalized spacial score (nSPS) is 13.1. The number of aryl methyl sites for hydroxylation is 1. The van der Waals surface area contributed by atoms with Gasteiger partial charge in [-0.05, 0) is 37.6 Å². The first-order valence-electron chi connectivity index (χ1n) is 6.95. The van der Waals surface area contributed by atoms with Gasteiger partial charge in [0.1, 0.15) is 0 Å². The molecular formula is C17H16N2O3. The second-order valence-corrected chi connectivity index (χ2v) is 5.02. The summed E-state index contributed by atoms with van der Waals surface area (Å²) in [4.78, 5) is 12.2. The molecule has 0 bridgehead atoms. The van der Waals surface area contributed by atoms with E-state index >= 15 is 0 Å². The molecule has 0 radical (unpaired) electrons. The van der Waals surface area contributed by atoms with Crippen LogP contribution in [0.1, 0.15) is 28.4 Å². The Bertz CT molecular complexity index is 753. The van der Waals surface area contributed by atoms with Crippen molar-refractivity contribution in [2.24, 2.45) is 5.10 Å². The van der Waals surface area contributed by atoms with Crippen molar-refractivity contribution in [2.75, 3.05) is 6.79 Å². The number of rotatable bonds is 3. The van der Waals surface area contributed by atoms with Crippen LogP contribution in [0.5, 0.6) is 11.5 Å². The summed E-state index contributed by atoms with van der Waals surface area (Å²) in [5.41, 5.74) is 5.92. The van der Waals surface area contributed by atoms with Crippen molar-refractivity contribution >= 4 is 11.6 Å². The van der Waals surface area contributed by atoms with Crippen LogP contribution in [0.3, 0.4) is 0 Å². The molecule has 1 aliphatic heterocycles. The average Bonchev–Trinajstić information content (AvgIpc) is 3.00. The summed E-state index contributed by atoms with van der Waals surface area (Å²) < 4.78 is 10.5. The molecule has 0 unspecified atom stereocenters. The van der Waals surface area contributed by atoms with Gasteiger partial charge in [0.25, 0.3) is 5.91 Å². The predicted octanol–water partition coefficient (Wildman–Crippen LogP) is 2.88. The van der Waals surface area contributed by atoms with Gasteiger partial charge in [-0.25, -0.2) is 5.43 Å². The summed E-state index contributed by atoms with van der Waals surface area (Å²) in [7, 11) is 0. The average molecular weight is 296 g/mol. The lowest BCUT2D eigenvalue weighted by atomic mass is 10.1. The molecule has 2 aromatic carbocycles. The van der Waals surface area contributed by atoms with Gasteiger partial charge in [0.05, 0.1) is 5.71 Å². The first-order chi connectivity index (χ1) is 10.6. The zero-order valence-corrected chi connectivity index (χ0v) is 12.4. The number of benzene rings is 2. The molecule has 0 fully saturated rings. The number of carbonyl (C=O) groups is 1. The van der Waals surface area contributed by atoms with Crippen molar-refractivity contribution in [3.8, 4) is 11.5 Å². The van der Waals surface area contributed by atoms with E-state index in [4.69, 9.17) is 9.47 Å². The molecule has 22 heavy (non-hydrogen) atoms. The third-order valence-electron chi connectivity index (χ3n) is 3.49. The molecule has 112 valence electrons. The van der Waals surface area contributed by atoms with Crippen molar-refractivity contribution in [2.45, 2.75) is 13.8 Å². The van der Waals surface area contributed by atoms with Crippen LogP contribution in [0, 0.1) is 6.92 Å². The van der Waals surface area contributed by atoms with Crippen LogP contribution in [0.25, 0.3) is 0 Å². The molecule has 0 spiro atoms. The highest BCUT2D eigenvalue weighted by Crippen LogP contribution is 2.32. The highest BCUT2D eigenvalue weighted by atomic mass is 16.7. The number of ether oxygens (including phenoxy) is 2. The van der Waals surface area contributed by atoms with Gasteiger partial charge in [-0.3, -0.25) is 4.79 Å². The number of fused-ring (bicyclic) bond motifs is 1. The third kappa shape index (κ3) is 2.79. The minimum Gasteiger partial charge on any atom is -0.454 e. The molecule has 3 rings (SSSR count). The first-order valence-corrected chi connectivity index (χ1v) is 6.95. The van der Waals surface area contributed by atoms with Gasteiger partial charge >= 0.3 is 0 Å². The van der Waals surface area contributed by atoms with Gasteiger partial charge in [0.2, 0.25) is 6.79 Å². The highest BCUT2D eigenvalue weighted by molar-refractivity contribution is 6.01. The van der Waals surface area contributed by atoms with E-state index in [1.165, 1.54) is 0 Å². The summed E-state index contributed by atoms with van der Waals surface area (Å²) in [6.07, 6.45) is 0. The Morgan fingerprint density at radius 2 is 1.91 bits per heavy atom. The number of carbonyl (C=O) groups excluding carboxylic acids is 1. The molecule has 1 aliphatic rings. The second kappa shape index (κ2) is 5.89. The quantitative estimate of drug-likeness (QED) is 0.700. The predicted molar refractivity (Wildman–Crippen MR) is 83.4 cm³/mol. The number of hydrogen-bond acceptors (Lipinski definition) is 4. The first kappa shape index (κ1) is 14.1. The van der Waals surface area contributed by atoms with Crippen LogP contribution >= 0.6 is 0 Å². The van der Waals surface area contributed by atoms with Gasteiger partial charge < -0.3 is 9.47 Å². The fourth-order valence-corrected chi connectivity index (χ4v) is 2.28. The molecule has 1 heterocycles. The summed E-state index contributed by atoms with van der Waals surface area (Å²) in [5.74, 6) is 0.939. The Hall–Kier alpha value is -2.82. The van der Waals surface area contributed by atoms with Crippen LogP contribution in [0.15, 0.2) is 47.6 Å². The SMILES string of the molecule is C/C(=N/NC(=O)c1ccc2c(c1)OCO2)c1ccccc1C. The van der Waals surface area contributed by atoms with Crippen molar-refractivity contribution in [3.63, 3.8) is 0 Å². The molecule has 0 aliphatic carbocycles. The minimum atomic E-state index is -0.286. The van der Waals surface area contributed by atoms with Gasteiger partial charge in [-0.1, -0.05) is 24.3 Å². The Morgan fingerprint density at radius 3 is 2.73 bits per heavy atom.